The molecule has 2 heteroatoms. The average molecular weight is 406 g/mol. The van der Waals surface area contributed by atoms with Crippen molar-refractivity contribution in [1.29, 1.82) is 0 Å². The normalized spacial score (nSPS) is 10.8. The van der Waals surface area contributed by atoms with Crippen LogP contribution >= 0.6 is 11.6 Å². The number of benzene rings is 5. The van der Waals surface area contributed by atoms with E-state index in [0.29, 0.717) is 0 Å². The summed E-state index contributed by atoms with van der Waals surface area (Å²) < 4.78 is 0. The van der Waals surface area contributed by atoms with Crippen LogP contribution in [0.25, 0.3) is 21.9 Å². The summed E-state index contributed by atoms with van der Waals surface area (Å²) >= 11 is 6.16. The third-order valence-corrected chi connectivity index (χ3v) is 5.56. The molecule has 0 saturated carbocycles. The highest BCUT2D eigenvalue weighted by molar-refractivity contribution is 6.30. The molecule has 0 aliphatic rings. The molecule has 0 saturated heterocycles. The van der Waals surface area contributed by atoms with Crippen molar-refractivity contribution in [3.8, 4) is 11.1 Å². The van der Waals surface area contributed by atoms with Gasteiger partial charge in [0, 0.05) is 22.1 Å². The van der Waals surface area contributed by atoms with Crippen LogP contribution < -0.4 is 4.90 Å². The lowest BCUT2D eigenvalue weighted by atomic mass is 10.0. The number of nitrogens with zero attached hydrogens (tertiary/aromatic N) is 1. The van der Waals surface area contributed by atoms with E-state index in [1.54, 1.807) is 0 Å². The lowest BCUT2D eigenvalue weighted by Crippen LogP contribution is -2.09. The molecule has 0 aliphatic heterocycles. The van der Waals surface area contributed by atoms with Crippen LogP contribution in [0.15, 0.2) is 121 Å². The molecule has 0 atom stereocenters. The van der Waals surface area contributed by atoms with Crippen molar-refractivity contribution in [2.45, 2.75) is 0 Å². The first-order valence-corrected chi connectivity index (χ1v) is 10.4. The minimum Gasteiger partial charge on any atom is -0.310 e. The van der Waals surface area contributed by atoms with Crippen LogP contribution in [0.5, 0.6) is 0 Å². The summed E-state index contributed by atoms with van der Waals surface area (Å²) in [5.41, 5.74) is 5.71. The van der Waals surface area contributed by atoms with Gasteiger partial charge in [0.2, 0.25) is 0 Å². The maximum Gasteiger partial charge on any atom is 0.0468 e. The molecule has 30 heavy (non-hydrogen) atoms. The Morgan fingerprint density at radius 3 is 1.67 bits per heavy atom. The topological polar surface area (TPSA) is 3.24 Å². The van der Waals surface area contributed by atoms with Crippen molar-refractivity contribution in [3.05, 3.63) is 126 Å². The molecule has 0 heterocycles. The Morgan fingerprint density at radius 2 is 0.967 bits per heavy atom. The third kappa shape index (κ3) is 3.68. The monoisotopic (exact) mass is 405 g/mol. The fourth-order valence-corrected chi connectivity index (χ4v) is 3.91. The van der Waals surface area contributed by atoms with Gasteiger partial charge in [-0.3, -0.25) is 0 Å². The number of fused-ring (bicyclic) bond motifs is 1. The van der Waals surface area contributed by atoms with E-state index in [1.807, 2.05) is 18.2 Å². The van der Waals surface area contributed by atoms with E-state index in [2.05, 4.69) is 108 Å². The van der Waals surface area contributed by atoms with Crippen LogP contribution in [0.3, 0.4) is 0 Å². The summed E-state index contributed by atoms with van der Waals surface area (Å²) in [7, 11) is 0. The van der Waals surface area contributed by atoms with E-state index in [0.717, 1.165) is 22.1 Å². The summed E-state index contributed by atoms with van der Waals surface area (Å²) in [5, 5.41) is 3.18. The Labute approximate surface area is 181 Å². The summed E-state index contributed by atoms with van der Waals surface area (Å²) in [6, 6.07) is 42.1. The molecule has 0 fully saturated rings. The first-order chi connectivity index (χ1) is 14.8. The highest BCUT2D eigenvalue weighted by atomic mass is 35.5. The fraction of sp³-hybridized carbons (Fsp3) is 0. The van der Waals surface area contributed by atoms with E-state index in [-0.39, 0.29) is 0 Å². The number of halogens is 1. The molecular formula is C28H20ClN. The molecule has 1 nitrogen and oxygen atoms in total. The maximum absolute atomic E-state index is 6.16. The maximum atomic E-state index is 6.16. The zero-order chi connectivity index (χ0) is 20.3. The second-order valence-electron chi connectivity index (χ2n) is 7.26. The Hall–Kier alpha value is -3.55. The third-order valence-electron chi connectivity index (χ3n) is 5.31. The summed E-state index contributed by atoms with van der Waals surface area (Å²) in [6.45, 7) is 0. The molecule has 0 aromatic heterocycles. The molecule has 0 spiro atoms. The smallest absolute Gasteiger partial charge is 0.0468 e. The van der Waals surface area contributed by atoms with Gasteiger partial charge in [0.1, 0.15) is 0 Å². The molecule has 0 aliphatic carbocycles. The van der Waals surface area contributed by atoms with Gasteiger partial charge in [-0.1, -0.05) is 84.4 Å². The van der Waals surface area contributed by atoms with Gasteiger partial charge < -0.3 is 4.90 Å². The van der Waals surface area contributed by atoms with E-state index >= 15 is 0 Å². The van der Waals surface area contributed by atoms with Crippen molar-refractivity contribution < 1.29 is 0 Å². The van der Waals surface area contributed by atoms with Gasteiger partial charge in [-0.2, -0.15) is 0 Å². The molecular weight excluding hydrogens is 386 g/mol. The van der Waals surface area contributed by atoms with Gasteiger partial charge in [0.05, 0.1) is 0 Å². The highest BCUT2D eigenvalue weighted by Crippen LogP contribution is 2.37. The lowest BCUT2D eigenvalue weighted by molar-refractivity contribution is 1.29. The Kier molecular flexibility index (Phi) is 4.96. The van der Waals surface area contributed by atoms with Gasteiger partial charge in [0.25, 0.3) is 0 Å². The molecule has 5 aromatic rings. The Morgan fingerprint density at radius 1 is 0.433 bits per heavy atom. The van der Waals surface area contributed by atoms with Crippen molar-refractivity contribution in [3.63, 3.8) is 0 Å². The van der Waals surface area contributed by atoms with Crippen LogP contribution in [0.2, 0.25) is 5.02 Å². The van der Waals surface area contributed by atoms with Crippen LogP contribution in [-0.4, -0.2) is 0 Å². The second-order valence-corrected chi connectivity index (χ2v) is 7.69. The lowest BCUT2D eigenvalue weighted by Gasteiger charge is -2.26. The van der Waals surface area contributed by atoms with E-state index < -0.39 is 0 Å². The van der Waals surface area contributed by atoms with Crippen molar-refractivity contribution in [2.24, 2.45) is 0 Å². The minimum atomic E-state index is 0.733. The van der Waals surface area contributed by atoms with Gasteiger partial charge in [-0.25, -0.2) is 0 Å². The van der Waals surface area contributed by atoms with E-state index in [9.17, 15) is 0 Å². The zero-order valence-corrected chi connectivity index (χ0v) is 17.1. The minimum absolute atomic E-state index is 0.733. The SMILES string of the molecule is Clc1ccc(N(c2ccc(-c3ccccc3)cc2)c2ccc3ccccc3c2)cc1. The molecule has 0 amide bonds. The zero-order valence-electron chi connectivity index (χ0n) is 16.4. The highest BCUT2D eigenvalue weighted by Gasteiger charge is 2.13. The van der Waals surface area contributed by atoms with Gasteiger partial charge in [-0.05, 0) is 70.4 Å². The predicted octanol–water partition coefficient (Wildman–Crippen LogP) is 8.63. The van der Waals surface area contributed by atoms with Crippen LogP contribution in [-0.2, 0) is 0 Å². The standard InChI is InChI=1S/C28H20ClN/c29-25-13-18-27(19-14-25)30(28-17-12-22-8-4-5-9-24(22)20-28)26-15-10-23(11-16-26)21-6-2-1-3-7-21/h1-20H. The first-order valence-electron chi connectivity index (χ1n) is 9.98. The number of anilines is 3. The second kappa shape index (κ2) is 8.06. The quantitative estimate of drug-likeness (QED) is 0.289. The Balaban J connectivity index is 1.61. The molecule has 5 aromatic carbocycles. The molecule has 5 rings (SSSR count). The number of hydrogen-bond donors (Lipinski definition) is 0. The van der Waals surface area contributed by atoms with Crippen LogP contribution in [0.1, 0.15) is 0 Å². The van der Waals surface area contributed by atoms with E-state index in [4.69, 9.17) is 11.6 Å². The number of rotatable bonds is 4. The van der Waals surface area contributed by atoms with Crippen molar-refractivity contribution in [1.82, 2.24) is 0 Å². The molecule has 0 radical (unpaired) electrons. The van der Waals surface area contributed by atoms with Gasteiger partial charge in [-0.15, -0.1) is 0 Å². The molecule has 144 valence electrons. The first kappa shape index (κ1) is 18.5. The van der Waals surface area contributed by atoms with Crippen molar-refractivity contribution >= 4 is 39.4 Å². The summed E-state index contributed by atoms with van der Waals surface area (Å²) in [6.07, 6.45) is 0. The summed E-state index contributed by atoms with van der Waals surface area (Å²) in [5.74, 6) is 0. The predicted molar refractivity (Wildman–Crippen MR) is 129 cm³/mol. The Bertz CT molecular complexity index is 1280. The number of hydrogen-bond acceptors (Lipinski definition) is 1. The van der Waals surface area contributed by atoms with Crippen LogP contribution in [0.4, 0.5) is 17.1 Å². The summed E-state index contributed by atoms with van der Waals surface area (Å²) in [4.78, 5) is 2.26. The van der Waals surface area contributed by atoms with Gasteiger partial charge >= 0.3 is 0 Å². The van der Waals surface area contributed by atoms with E-state index in [1.165, 1.54) is 21.9 Å². The largest absolute Gasteiger partial charge is 0.310 e. The average Bonchev–Trinajstić information content (AvgIpc) is 2.81. The molecule has 0 N–H and O–H groups in total. The molecule has 0 bridgehead atoms. The fourth-order valence-electron chi connectivity index (χ4n) is 3.79. The van der Waals surface area contributed by atoms with Crippen molar-refractivity contribution in [2.75, 3.05) is 4.90 Å². The molecule has 0 unspecified atom stereocenters. The van der Waals surface area contributed by atoms with Gasteiger partial charge in [0.15, 0.2) is 0 Å². The van der Waals surface area contributed by atoms with Crippen LogP contribution in [0, 0.1) is 0 Å².